The van der Waals surface area contributed by atoms with Gasteiger partial charge < -0.3 is 14.7 Å². The number of aliphatic imine (C=N–C) groups is 1. The second-order valence-corrected chi connectivity index (χ2v) is 10.1. The van der Waals surface area contributed by atoms with Crippen molar-refractivity contribution in [3.05, 3.63) is 81.7 Å². The number of ether oxygens (including phenoxy) is 1. The van der Waals surface area contributed by atoms with Crippen molar-refractivity contribution in [1.82, 2.24) is 0 Å². The highest BCUT2D eigenvalue weighted by molar-refractivity contribution is 6.06. The fourth-order valence-corrected chi connectivity index (χ4v) is 5.01. The molecule has 0 radical (unpaired) electrons. The molecule has 0 amide bonds. The van der Waals surface area contributed by atoms with Crippen LogP contribution in [-0.2, 0) is 16.0 Å². The van der Waals surface area contributed by atoms with Gasteiger partial charge in [0.1, 0.15) is 5.78 Å². The minimum absolute atomic E-state index is 0.0272. The van der Waals surface area contributed by atoms with Crippen LogP contribution in [0.3, 0.4) is 0 Å². The maximum Gasteiger partial charge on any atom is 0.182 e. The third-order valence-electron chi connectivity index (χ3n) is 6.84. The second-order valence-electron chi connectivity index (χ2n) is 10.1. The molecule has 38 heavy (non-hydrogen) atoms. The van der Waals surface area contributed by atoms with Gasteiger partial charge >= 0.3 is 0 Å². The molecule has 2 aliphatic rings. The summed E-state index contributed by atoms with van der Waals surface area (Å²) >= 11 is 0. The van der Waals surface area contributed by atoms with Gasteiger partial charge in [0.05, 0.1) is 31.5 Å². The standard InChI is InChI=1S/C32H36N2O4/c1-5-6-7-8-26(35)17-27(36)10-9-23-15-30(32(37)31(16-23)38-4)34-19-28-25(18-33-29(28)20-34)14-24-12-21(2)11-22(3)13-24/h9-13,15-16,18,20,37H,5-8,14,17,19H2,1-4H3. The minimum atomic E-state index is -0.228. The van der Waals surface area contributed by atoms with Gasteiger partial charge in [-0.1, -0.05) is 55.2 Å². The largest absolute Gasteiger partial charge is 0.503 e. The number of nitrogens with zero attached hydrogens (tertiary/aromatic N) is 2. The predicted molar refractivity (Wildman–Crippen MR) is 153 cm³/mol. The number of aromatic hydroxyl groups is 1. The van der Waals surface area contributed by atoms with Gasteiger partial charge in [0.15, 0.2) is 17.3 Å². The molecule has 4 rings (SSSR count). The number of anilines is 1. The number of ketones is 2. The van der Waals surface area contributed by atoms with Crippen molar-refractivity contribution in [2.45, 2.75) is 59.3 Å². The fourth-order valence-electron chi connectivity index (χ4n) is 5.01. The number of carbonyl (C=O) groups excluding carboxylic acids is 2. The molecule has 0 unspecified atom stereocenters. The molecular weight excluding hydrogens is 476 g/mol. The van der Waals surface area contributed by atoms with Gasteiger partial charge in [-0.05, 0) is 61.6 Å². The summed E-state index contributed by atoms with van der Waals surface area (Å²) in [5, 5.41) is 10.9. The third-order valence-corrected chi connectivity index (χ3v) is 6.84. The number of aryl methyl sites for hydroxylation is 2. The van der Waals surface area contributed by atoms with Crippen LogP contribution in [0, 0.1) is 13.8 Å². The second kappa shape index (κ2) is 12.1. The van der Waals surface area contributed by atoms with E-state index in [-0.39, 0.29) is 23.7 Å². The number of benzene rings is 2. The van der Waals surface area contributed by atoms with Crippen LogP contribution >= 0.6 is 0 Å². The molecule has 0 saturated heterocycles. The Morgan fingerprint density at radius 1 is 1.11 bits per heavy atom. The van der Waals surface area contributed by atoms with Crippen molar-refractivity contribution in [2.75, 3.05) is 18.6 Å². The molecule has 0 atom stereocenters. The van der Waals surface area contributed by atoms with Crippen molar-refractivity contribution in [3.8, 4) is 11.5 Å². The lowest BCUT2D eigenvalue weighted by molar-refractivity contribution is -0.124. The molecule has 198 valence electrons. The van der Waals surface area contributed by atoms with Crippen LogP contribution in [0.2, 0.25) is 0 Å². The first-order valence-electron chi connectivity index (χ1n) is 13.2. The van der Waals surface area contributed by atoms with Gasteiger partial charge in [-0.15, -0.1) is 0 Å². The summed E-state index contributed by atoms with van der Waals surface area (Å²) in [6.07, 6.45) is 11.0. The number of methoxy groups -OCH3 is 1. The Morgan fingerprint density at radius 3 is 2.58 bits per heavy atom. The Kier molecular flexibility index (Phi) is 8.62. The highest BCUT2D eigenvalue weighted by Crippen LogP contribution is 2.42. The van der Waals surface area contributed by atoms with Crippen LogP contribution in [0.25, 0.3) is 6.08 Å². The summed E-state index contributed by atoms with van der Waals surface area (Å²) in [6, 6.07) is 10.1. The molecule has 1 N–H and O–H groups in total. The lowest BCUT2D eigenvalue weighted by Gasteiger charge is -2.20. The van der Waals surface area contributed by atoms with E-state index in [4.69, 9.17) is 4.74 Å². The summed E-state index contributed by atoms with van der Waals surface area (Å²) in [5.74, 6) is 0.0826. The van der Waals surface area contributed by atoms with Gasteiger partial charge in [-0.25, -0.2) is 0 Å². The normalized spacial score (nSPS) is 14.4. The van der Waals surface area contributed by atoms with Crippen LogP contribution in [0.5, 0.6) is 11.5 Å². The van der Waals surface area contributed by atoms with E-state index in [9.17, 15) is 14.7 Å². The van der Waals surface area contributed by atoms with Crippen LogP contribution in [-0.4, -0.2) is 36.5 Å². The number of phenols is 1. The molecule has 6 heteroatoms. The predicted octanol–water partition coefficient (Wildman–Crippen LogP) is 6.42. The van der Waals surface area contributed by atoms with Crippen LogP contribution in [0.1, 0.15) is 61.3 Å². The van der Waals surface area contributed by atoms with Crippen molar-refractivity contribution < 1.29 is 19.4 Å². The molecule has 0 saturated carbocycles. The summed E-state index contributed by atoms with van der Waals surface area (Å²) in [7, 11) is 1.50. The van der Waals surface area contributed by atoms with E-state index in [0.717, 1.165) is 37.0 Å². The average molecular weight is 513 g/mol. The van der Waals surface area contributed by atoms with Crippen molar-refractivity contribution in [1.29, 1.82) is 0 Å². The van der Waals surface area contributed by atoms with E-state index in [2.05, 4.69) is 44.0 Å². The molecule has 0 fully saturated rings. The number of unbranched alkanes of at least 4 members (excludes halogenated alkanes) is 2. The summed E-state index contributed by atoms with van der Waals surface area (Å²) in [5.41, 5.74) is 8.20. The number of allylic oxidation sites excluding steroid dienone is 2. The SMILES string of the molecule is CCCCCC(=O)CC(=O)C=Cc1cc(OC)c(O)c(N2C=C3N=CC(Cc4cc(C)cc(C)c4)=C3C2)c1. The first kappa shape index (κ1) is 27.1. The zero-order valence-electron chi connectivity index (χ0n) is 22.7. The maximum atomic E-state index is 12.4. The molecule has 2 heterocycles. The molecule has 2 aliphatic heterocycles. The zero-order valence-corrected chi connectivity index (χ0v) is 22.7. The monoisotopic (exact) mass is 512 g/mol. The number of hydrogen-bond donors (Lipinski definition) is 1. The van der Waals surface area contributed by atoms with Crippen LogP contribution in [0.4, 0.5) is 5.69 Å². The number of fused-ring (bicyclic) bond motifs is 1. The highest BCUT2D eigenvalue weighted by atomic mass is 16.5. The van der Waals surface area contributed by atoms with Crippen molar-refractivity contribution >= 4 is 29.5 Å². The molecule has 6 nitrogen and oxygen atoms in total. The van der Waals surface area contributed by atoms with E-state index < -0.39 is 0 Å². The van der Waals surface area contributed by atoms with E-state index in [1.807, 2.05) is 23.4 Å². The Morgan fingerprint density at radius 2 is 1.87 bits per heavy atom. The third kappa shape index (κ3) is 6.49. The first-order valence-corrected chi connectivity index (χ1v) is 13.2. The summed E-state index contributed by atoms with van der Waals surface area (Å²) < 4.78 is 5.42. The number of hydrogen-bond acceptors (Lipinski definition) is 6. The number of carbonyl (C=O) groups is 2. The number of Topliss-reactive ketones (excluding diaryl/α,β-unsaturated/α-hetero) is 1. The Balaban J connectivity index is 1.51. The Hall–Kier alpha value is -3.93. The van der Waals surface area contributed by atoms with Gasteiger partial charge in [-0.3, -0.25) is 14.6 Å². The molecule has 2 aromatic carbocycles. The van der Waals surface area contributed by atoms with Gasteiger partial charge in [-0.2, -0.15) is 0 Å². The molecular formula is C32H36N2O4. The quantitative estimate of drug-likeness (QED) is 0.202. The lowest BCUT2D eigenvalue weighted by Crippen LogP contribution is -2.15. The van der Waals surface area contributed by atoms with Crippen LogP contribution < -0.4 is 9.64 Å². The molecule has 2 aromatic rings. The van der Waals surface area contributed by atoms with E-state index in [1.165, 1.54) is 35.4 Å². The van der Waals surface area contributed by atoms with Gasteiger partial charge in [0.2, 0.25) is 0 Å². The molecule has 0 spiro atoms. The van der Waals surface area contributed by atoms with Crippen LogP contribution in [0.15, 0.2) is 64.4 Å². The molecule has 0 aromatic heterocycles. The first-order chi connectivity index (χ1) is 18.3. The Labute approximate surface area is 225 Å². The van der Waals surface area contributed by atoms with E-state index in [0.29, 0.717) is 30.0 Å². The number of phenolic OH excluding ortho intramolecular Hbond substituents is 1. The van der Waals surface area contributed by atoms with Gasteiger partial charge in [0.25, 0.3) is 0 Å². The van der Waals surface area contributed by atoms with Crippen molar-refractivity contribution in [2.24, 2.45) is 4.99 Å². The summed E-state index contributed by atoms with van der Waals surface area (Å²) in [6.45, 7) is 6.87. The topological polar surface area (TPSA) is 79.2 Å². The highest BCUT2D eigenvalue weighted by Gasteiger charge is 2.28. The van der Waals surface area contributed by atoms with Gasteiger partial charge in [0, 0.05) is 24.4 Å². The maximum absolute atomic E-state index is 12.4. The molecule has 0 aliphatic carbocycles. The number of rotatable bonds is 12. The fraction of sp³-hybridized carbons (Fsp3) is 0.344. The molecule has 0 bridgehead atoms. The zero-order chi connectivity index (χ0) is 27.2. The van der Waals surface area contributed by atoms with E-state index >= 15 is 0 Å². The van der Waals surface area contributed by atoms with Crippen molar-refractivity contribution in [3.63, 3.8) is 0 Å². The van der Waals surface area contributed by atoms with E-state index in [1.54, 1.807) is 12.1 Å². The smallest absolute Gasteiger partial charge is 0.182 e. The Bertz CT molecular complexity index is 1340. The lowest BCUT2D eigenvalue weighted by atomic mass is 9.98. The summed E-state index contributed by atoms with van der Waals surface area (Å²) in [4.78, 5) is 31.0. The minimum Gasteiger partial charge on any atom is -0.503 e. The average Bonchev–Trinajstić information content (AvgIpc) is 3.44.